The number of benzene rings is 1. The number of imide groups is 2. The zero-order valence-corrected chi connectivity index (χ0v) is 20.6. The largest absolute Gasteiger partial charge is 0.495 e. The van der Waals surface area contributed by atoms with E-state index in [0.717, 1.165) is 41.9 Å². The number of para-hydroxylation sites is 2. The maximum Gasteiger partial charge on any atom is 0.334 e. The number of aromatic nitrogens is 2. The lowest BCUT2D eigenvalue weighted by Gasteiger charge is -2.30. The third-order valence-electron chi connectivity index (χ3n) is 6.72. The van der Waals surface area contributed by atoms with Gasteiger partial charge in [0, 0.05) is 13.2 Å². The molecule has 0 bridgehead atoms. The summed E-state index contributed by atoms with van der Waals surface area (Å²) in [6.45, 7) is 0.909. The number of methoxy groups -OCH3 is 1. The van der Waals surface area contributed by atoms with Crippen LogP contribution in [0.5, 0.6) is 5.75 Å². The number of ether oxygens (including phenoxy) is 2. The van der Waals surface area contributed by atoms with Gasteiger partial charge in [0.1, 0.15) is 12.3 Å². The summed E-state index contributed by atoms with van der Waals surface area (Å²) < 4.78 is 16.5. The average Bonchev–Trinajstić information content (AvgIpc) is 3.60. The van der Waals surface area contributed by atoms with E-state index in [0.29, 0.717) is 24.6 Å². The molecule has 1 aliphatic carbocycles. The molecule has 2 aromatic rings. The van der Waals surface area contributed by atoms with Gasteiger partial charge in [-0.05, 0) is 50.2 Å². The molecule has 2 aliphatic heterocycles. The molecule has 1 atom stereocenters. The molecule has 5 rings (SSSR count). The van der Waals surface area contributed by atoms with Crippen LogP contribution in [0.4, 0.5) is 10.5 Å². The van der Waals surface area contributed by atoms with Crippen molar-refractivity contribution in [2.24, 2.45) is 5.92 Å². The topological polar surface area (TPSA) is 135 Å². The highest BCUT2D eigenvalue weighted by Gasteiger charge is 2.46. The van der Waals surface area contributed by atoms with Gasteiger partial charge in [0.05, 0.1) is 31.9 Å². The van der Waals surface area contributed by atoms with E-state index in [9.17, 15) is 19.2 Å². The molecule has 12 heteroatoms. The number of carbonyl (C=O) groups is 4. The van der Waals surface area contributed by atoms with E-state index in [1.54, 1.807) is 24.1 Å². The van der Waals surface area contributed by atoms with Gasteiger partial charge in [-0.15, -0.1) is 0 Å². The fourth-order valence-electron chi connectivity index (χ4n) is 4.54. The molecule has 5 amide bonds. The molecule has 3 fully saturated rings. The van der Waals surface area contributed by atoms with Gasteiger partial charge in [0.15, 0.2) is 5.82 Å². The minimum Gasteiger partial charge on any atom is -0.495 e. The van der Waals surface area contributed by atoms with E-state index in [-0.39, 0.29) is 49.2 Å². The molecule has 12 nitrogen and oxygen atoms in total. The summed E-state index contributed by atoms with van der Waals surface area (Å²) in [5, 5.41) is 3.87. The van der Waals surface area contributed by atoms with Crippen molar-refractivity contribution in [3.05, 3.63) is 36.0 Å². The quantitative estimate of drug-likeness (QED) is 0.346. The zero-order valence-electron chi connectivity index (χ0n) is 20.6. The Hall–Kier alpha value is -3.80. The second-order valence-corrected chi connectivity index (χ2v) is 9.48. The van der Waals surface area contributed by atoms with Crippen LogP contribution in [0.25, 0.3) is 0 Å². The molecule has 0 spiro atoms. The summed E-state index contributed by atoms with van der Waals surface area (Å²) >= 11 is 0. The Balaban J connectivity index is 1.28. The van der Waals surface area contributed by atoms with Crippen LogP contribution in [0.3, 0.4) is 0 Å². The van der Waals surface area contributed by atoms with Crippen LogP contribution in [-0.2, 0) is 32.1 Å². The lowest BCUT2D eigenvalue weighted by molar-refractivity contribution is -0.143. The van der Waals surface area contributed by atoms with Crippen LogP contribution in [0.15, 0.2) is 28.8 Å². The second kappa shape index (κ2) is 10.7. The molecular weight excluding hydrogens is 482 g/mol. The van der Waals surface area contributed by atoms with E-state index in [2.05, 4.69) is 10.1 Å². The molecule has 3 aliphatic rings. The predicted molar refractivity (Wildman–Crippen MR) is 127 cm³/mol. The zero-order chi connectivity index (χ0) is 25.9. The molecular formula is C25H29N5O7. The van der Waals surface area contributed by atoms with Crippen molar-refractivity contribution in [3.8, 4) is 5.75 Å². The van der Waals surface area contributed by atoms with Crippen molar-refractivity contribution in [1.29, 1.82) is 0 Å². The standard InChI is InChI=1S/C25H29N5O7/c1-35-19-8-3-2-7-18(19)28(14-17-6-4-5-11-36-17)22(31)12-20-26-21(37-27-20)15-30-24(33)23(32)29(25(30)34)13-16-9-10-16/h2-3,7-8,16-17H,4-6,9-15H2,1H3/t17-/m0/s1. The Bertz CT molecular complexity index is 1190. The van der Waals surface area contributed by atoms with Gasteiger partial charge in [0.25, 0.3) is 0 Å². The van der Waals surface area contributed by atoms with E-state index in [1.165, 1.54) is 0 Å². The minimum absolute atomic E-state index is 0.0370. The molecule has 0 radical (unpaired) electrons. The molecule has 1 aromatic heterocycles. The third kappa shape index (κ3) is 5.48. The van der Waals surface area contributed by atoms with Crippen molar-refractivity contribution < 1.29 is 33.2 Å². The summed E-state index contributed by atoms with van der Waals surface area (Å²) in [5.41, 5.74) is 0.607. The Morgan fingerprint density at radius 2 is 1.89 bits per heavy atom. The van der Waals surface area contributed by atoms with Crippen LogP contribution in [0.1, 0.15) is 43.8 Å². The smallest absolute Gasteiger partial charge is 0.334 e. The van der Waals surface area contributed by atoms with Gasteiger partial charge in [-0.3, -0.25) is 19.3 Å². The molecule has 0 N–H and O–H groups in total. The van der Waals surface area contributed by atoms with E-state index >= 15 is 0 Å². The first kappa shape index (κ1) is 24.9. The molecule has 3 heterocycles. The fourth-order valence-corrected chi connectivity index (χ4v) is 4.54. The number of anilines is 1. The second-order valence-electron chi connectivity index (χ2n) is 9.48. The number of carbonyl (C=O) groups excluding carboxylic acids is 4. The van der Waals surface area contributed by atoms with Crippen molar-refractivity contribution in [2.75, 3.05) is 31.7 Å². The number of rotatable bonds is 10. The van der Waals surface area contributed by atoms with Crippen LogP contribution >= 0.6 is 0 Å². The number of hydrogen-bond acceptors (Lipinski definition) is 9. The molecule has 0 unspecified atom stereocenters. The first-order valence-electron chi connectivity index (χ1n) is 12.5. The van der Waals surface area contributed by atoms with Gasteiger partial charge >= 0.3 is 17.8 Å². The average molecular weight is 512 g/mol. The summed E-state index contributed by atoms with van der Waals surface area (Å²) in [6.07, 6.45) is 4.46. The summed E-state index contributed by atoms with van der Waals surface area (Å²) in [4.78, 5) is 58.2. The predicted octanol–water partition coefficient (Wildman–Crippen LogP) is 1.92. The van der Waals surface area contributed by atoms with Gasteiger partial charge in [-0.1, -0.05) is 17.3 Å². The van der Waals surface area contributed by atoms with E-state index < -0.39 is 17.8 Å². The lowest BCUT2D eigenvalue weighted by Crippen LogP contribution is -2.41. The third-order valence-corrected chi connectivity index (χ3v) is 6.72. The van der Waals surface area contributed by atoms with Crippen LogP contribution < -0.4 is 9.64 Å². The Morgan fingerprint density at radius 3 is 2.62 bits per heavy atom. The number of amides is 5. The SMILES string of the molecule is COc1ccccc1N(C[C@@H]1CCCCO1)C(=O)Cc1noc(CN2C(=O)C(=O)N(CC3CC3)C2=O)n1. The first-order valence-corrected chi connectivity index (χ1v) is 12.5. The van der Waals surface area contributed by atoms with Gasteiger partial charge in [-0.2, -0.15) is 4.98 Å². The number of hydrogen-bond donors (Lipinski definition) is 0. The van der Waals surface area contributed by atoms with Crippen molar-refractivity contribution in [1.82, 2.24) is 19.9 Å². The maximum atomic E-state index is 13.4. The van der Waals surface area contributed by atoms with Crippen LogP contribution in [0.2, 0.25) is 0 Å². The van der Waals surface area contributed by atoms with Crippen molar-refractivity contribution in [2.45, 2.75) is 51.2 Å². The Kier molecular flexibility index (Phi) is 7.17. The van der Waals surface area contributed by atoms with Crippen molar-refractivity contribution >= 4 is 29.4 Å². The lowest BCUT2D eigenvalue weighted by atomic mass is 10.1. The Labute approximate surface area is 213 Å². The highest BCUT2D eigenvalue weighted by Crippen LogP contribution is 2.32. The molecule has 37 heavy (non-hydrogen) atoms. The van der Waals surface area contributed by atoms with Crippen LogP contribution in [0, 0.1) is 5.92 Å². The highest BCUT2D eigenvalue weighted by molar-refractivity contribution is 6.44. The fraction of sp³-hybridized carbons (Fsp3) is 0.520. The minimum atomic E-state index is -0.920. The number of urea groups is 1. The monoisotopic (exact) mass is 511 g/mol. The normalized spacial score (nSPS) is 20.0. The molecule has 1 aromatic carbocycles. The van der Waals surface area contributed by atoms with Gasteiger partial charge in [0.2, 0.25) is 11.8 Å². The van der Waals surface area contributed by atoms with E-state index in [1.807, 2.05) is 12.1 Å². The Morgan fingerprint density at radius 1 is 1.11 bits per heavy atom. The first-order chi connectivity index (χ1) is 17.9. The molecule has 1 saturated carbocycles. The molecule has 2 saturated heterocycles. The number of nitrogens with zero attached hydrogens (tertiary/aromatic N) is 5. The highest BCUT2D eigenvalue weighted by atomic mass is 16.5. The molecule has 196 valence electrons. The summed E-state index contributed by atoms with van der Waals surface area (Å²) in [7, 11) is 1.54. The van der Waals surface area contributed by atoms with Gasteiger partial charge in [-0.25, -0.2) is 9.69 Å². The summed E-state index contributed by atoms with van der Waals surface area (Å²) in [5.74, 6) is -1.18. The van der Waals surface area contributed by atoms with Crippen molar-refractivity contribution in [3.63, 3.8) is 0 Å². The van der Waals surface area contributed by atoms with E-state index in [4.69, 9.17) is 14.0 Å². The summed E-state index contributed by atoms with van der Waals surface area (Å²) in [6, 6.07) is 6.54. The maximum absolute atomic E-state index is 13.4. The van der Waals surface area contributed by atoms with Gasteiger partial charge < -0.3 is 18.9 Å². The van der Waals surface area contributed by atoms with Crippen LogP contribution in [-0.4, -0.2) is 76.6 Å².